The fourth-order valence-corrected chi connectivity index (χ4v) is 4.88. The van der Waals surface area contributed by atoms with Gasteiger partial charge in [-0.2, -0.15) is 9.78 Å². The van der Waals surface area contributed by atoms with E-state index in [9.17, 15) is 4.79 Å². The van der Waals surface area contributed by atoms with E-state index in [2.05, 4.69) is 52.9 Å². The molecule has 0 fully saturated rings. The van der Waals surface area contributed by atoms with Gasteiger partial charge in [0, 0.05) is 24.9 Å². The highest BCUT2D eigenvalue weighted by Gasteiger charge is 2.19. The highest BCUT2D eigenvalue weighted by atomic mass is 79.9. The Bertz CT molecular complexity index is 1540. The van der Waals surface area contributed by atoms with E-state index in [-0.39, 0.29) is 11.5 Å². The highest BCUT2D eigenvalue weighted by molar-refractivity contribution is 9.11. The molecule has 192 valence electrons. The number of halogens is 4. The lowest BCUT2D eigenvalue weighted by molar-refractivity contribution is 0.269. The van der Waals surface area contributed by atoms with Gasteiger partial charge in [0.1, 0.15) is 17.5 Å². The van der Waals surface area contributed by atoms with E-state index in [4.69, 9.17) is 26.1 Å². The van der Waals surface area contributed by atoms with Gasteiger partial charge in [-0.05, 0) is 64.8 Å². The summed E-state index contributed by atoms with van der Waals surface area (Å²) in [6.45, 7) is 6.56. The van der Waals surface area contributed by atoms with Crippen molar-refractivity contribution in [3.63, 3.8) is 0 Å². The summed E-state index contributed by atoms with van der Waals surface area (Å²) in [5, 5.41) is 5.34. The number of fused-ring (bicyclic) bond motifs is 1. The van der Waals surface area contributed by atoms with Crippen molar-refractivity contribution in [3.8, 4) is 11.5 Å². The topological polar surface area (TPSA) is 65.7 Å². The molecule has 4 rings (SSSR count). The van der Waals surface area contributed by atoms with Gasteiger partial charge in [-0.25, -0.2) is 4.98 Å². The molecule has 4 aromatic rings. The number of nitrogens with zero attached hydrogens (tertiary/aromatic N) is 3. The number of aromatic nitrogens is 2. The Hall–Kier alpha value is -2.20. The molecular formula is C27H23Br3ClN3O3. The Kier molecular flexibility index (Phi) is 9.11. The molecule has 0 N–H and O–H groups in total. The van der Waals surface area contributed by atoms with E-state index < -0.39 is 0 Å². The first kappa shape index (κ1) is 27.8. The lowest BCUT2D eigenvalue weighted by Gasteiger charge is -2.16. The third-order valence-electron chi connectivity index (χ3n) is 5.41. The van der Waals surface area contributed by atoms with Crippen molar-refractivity contribution in [2.75, 3.05) is 6.61 Å². The van der Waals surface area contributed by atoms with Gasteiger partial charge in [0.15, 0.2) is 11.5 Å². The summed E-state index contributed by atoms with van der Waals surface area (Å²) < 4.78 is 15.6. The van der Waals surface area contributed by atoms with Crippen molar-refractivity contribution in [3.05, 3.63) is 94.3 Å². The van der Waals surface area contributed by atoms with Crippen molar-refractivity contribution in [2.24, 2.45) is 5.10 Å². The van der Waals surface area contributed by atoms with E-state index in [0.717, 1.165) is 14.5 Å². The van der Waals surface area contributed by atoms with Crippen molar-refractivity contribution >= 4 is 76.5 Å². The minimum Gasteiger partial charge on any atom is -0.490 e. The third kappa shape index (κ3) is 6.28. The molecule has 37 heavy (non-hydrogen) atoms. The number of hydrogen-bond donors (Lipinski definition) is 0. The Morgan fingerprint density at radius 1 is 1.05 bits per heavy atom. The van der Waals surface area contributed by atoms with Gasteiger partial charge in [0.2, 0.25) is 0 Å². The molecule has 1 aromatic heterocycles. The average molecular weight is 713 g/mol. The highest BCUT2D eigenvalue weighted by Crippen LogP contribution is 2.42. The van der Waals surface area contributed by atoms with Crippen molar-refractivity contribution in [2.45, 2.75) is 33.3 Å². The molecule has 0 aliphatic carbocycles. The Balaban J connectivity index is 1.75. The van der Waals surface area contributed by atoms with Crippen LogP contribution in [0.1, 0.15) is 43.6 Å². The molecule has 0 saturated heterocycles. The molecule has 0 spiro atoms. The van der Waals surface area contributed by atoms with Crippen LogP contribution in [0, 0.1) is 0 Å². The summed E-state index contributed by atoms with van der Waals surface area (Å²) in [4.78, 5) is 18.0. The van der Waals surface area contributed by atoms with Gasteiger partial charge in [-0.15, -0.1) is 0 Å². The van der Waals surface area contributed by atoms with Crippen LogP contribution in [0.5, 0.6) is 11.5 Å². The Morgan fingerprint density at radius 3 is 2.43 bits per heavy atom. The Labute approximate surface area is 245 Å². The molecule has 0 aliphatic heterocycles. The first-order valence-electron chi connectivity index (χ1n) is 11.5. The predicted molar refractivity (Wildman–Crippen MR) is 160 cm³/mol. The van der Waals surface area contributed by atoms with Gasteiger partial charge < -0.3 is 9.47 Å². The van der Waals surface area contributed by atoms with Crippen molar-refractivity contribution in [1.82, 2.24) is 9.66 Å². The molecule has 0 atom stereocenters. The van der Waals surface area contributed by atoms with Gasteiger partial charge >= 0.3 is 0 Å². The third-order valence-corrected chi connectivity index (χ3v) is 7.88. The largest absolute Gasteiger partial charge is 0.490 e. The molecule has 0 saturated carbocycles. The summed E-state index contributed by atoms with van der Waals surface area (Å²) in [5.74, 6) is 1.43. The van der Waals surface area contributed by atoms with E-state index in [1.54, 1.807) is 18.3 Å². The van der Waals surface area contributed by atoms with E-state index in [1.807, 2.05) is 57.2 Å². The molecular weight excluding hydrogens is 689 g/mol. The molecule has 0 unspecified atom stereocenters. The van der Waals surface area contributed by atoms with Crippen LogP contribution in [0.15, 0.2) is 71.8 Å². The predicted octanol–water partition coefficient (Wildman–Crippen LogP) is 8.32. The normalized spacial score (nSPS) is 11.6. The van der Waals surface area contributed by atoms with Gasteiger partial charge in [-0.3, -0.25) is 4.79 Å². The van der Waals surface area contributed by atoms with Crippen LogP contribution in [0.4, 0.5) is 0 Å². The van der Waals surface area contributed by atoms with Crippen LogP contribution in [0.2, 0.25) is 5.02 Å². The first-order chi connectivity index (χ1) is 17.7. The standard InChI is InChI=1S/C27H23Br3ClN3O3/c1-4-36-22-11-17(23(30)24(31)25(22)37-14-16-5-7-18(28)8-6-16)13-32-34-26(15(2)3)33-21-10-9-19(29)12-20(21)27(34)35/h5-13,15H,4,14H2,1-3H3. The molecule has 3 aromatic carbocycles. The van der Waals surface area contributed by atoms with Gasteiger partial charge in [-0.1, -0.05) is 69.4 Å². The number of benzene rings is 3. The Morgan fingerprint density at radius 2 is 1.76 bits per heavy atom. The lowest BCUT2D eigenvalue weighted by atomic mass is 10.2. The lowest BCUT2D eigenvalue weighted by Crippen LogP contribution is -2.23. The SMILES string of the molecule is CCOc1cc(C=Nn2c(C(C)C)nc3ccc(Br)cc3c2=O)c(Br)c(Cl)c1OCc1ccc(Br)cc1. The first-order valence-corrected chi connectivity index (χ1v) is 14.2. The summed E-state index contributed by atoms with van der Waals surface area (Å²) in [6.07, 6.45) is 1.57. The summed E-state index contributed by atoms with van der Waals surface area (Å²) in [6, 6.07) is 15.0. The maximum atomic E-state index is 13.3. The van der Waals surface area contributed by atoms with E-state index in [0.29, 0.717) is 56.5 Å². The van der Waals surface area contributed by atoms with Crippen molar-refractivity contribution in [1.29, 1.82) is 0 Å². The molecule has 0 aliphatic rings. The summed E-state index contributed by atoms with van der Waals surface area (Å²) in [7, 11) is 0. The molecule has 0 amide bonds. The second-order valence-corrected chi connectivity index (χ2v) is 11.4. The average Bonchev–Trinajstić information content (AvgIpc) is 2.87. The quantitative estimate of drug-likeness (QED) is 0.173. The number of ether oxygens (including phenoxy) is 2. The van der Waals surface area contributed by atoms with Crippen molar-refractivity contribution < 1.29 is 9.47 Å². The minimum absolute atomic E-state index is 0.0294. The van der Waals surface area contributed by atoms with Gasteiger partial charge in [0.25, 0.3) is 5.56 Å². The summed E-state index contributed by atoms with van der Waals surface area (Å²) >= 11 is 17.1. The molecule has 0 radical (unpaired) electrons. The van der Waals surface area contributed by atoms with Crippen LogP contribution < -0.4 is 15.0 Å². The zero-order valence-corrected chi connectivity index (χ0v) is 25.8. The zero-order chi connectivity index (χ0) is 26.7. The van der Waals surface area contributed by atoms with Gasteiger partial charge in [0.05, 0.1) is 23.7 Å². The van der Waals surface area contributed by atoms with Crippen LogP contribution in [0.25, 0.3) is 10.9 Å². The summed E-state index contributed by atoms with van der Waals surface area (Å²) in [5.41, 5.74) is 1.98. The molecule has 10 heteroatoms. The smallest absolute Gasteiger partial charge is 0.282 e. The van der Waals surface area contributed by atoms with Crippen LogP contribution in [-0.2, 0) is 6.61 Å². The number of rotatable bonds is 8. The second kappa shape index (κ2) is 12.1. The van der Waals surface area contributed by atoms with Crippen LogP contribution in [-0.4, -0.2) is 22.5 Å². The zero-order valence-electron chi connectivity index (χ0n) is 20.3. The monoisotopic (exact) mass is 709 g/mol. The van der Waals surface area contributed by atoms with Crippen LogP contribution >= 0.6 is 59.4 Å². The van der Waals surface area contributed by atoms with Crippen LogP contribution in [0.3, 0.4) is 0 Å². The fourth-order valence-electron chi connectivity index (χ4n) is 3.60. The maximum absolute atomic E-state index is 13.3. The minimum atomic E-state index is -0.257. The fraction of sp³-hybridized carbons (Fsp3) is 0.222. The molecule has 1 heterocycles. The molecule has 0 bridgehead atoms. The van der Waals surface area contributed by atoms with E-state index in [1.165, 1.54) is 4.68 Å². The number of hydrogen-bond acceptors (Lipinski definition) is 5. The molecule has 6 nitrogen and oxygen atoms in total. The van der Waals surface area contributed by atoms with E-state index >= 15 is 0 Å². The second-order valence-electron chi connectivity index (χ2n) is 8.42. The maximum Gasteiger partial charge on any atom is 0.282 e.